The van der Waals surface area contributed by atoms with Gasteiger partial charge >= 0.3 is 0 Å². The molecular formula is C13H26. The summed E-state index contributed by atoms with van der Waals surface area (Å²) >= 11 is 0. The molecular weight excluding hydrogens is 156 g/mol. The van der Waals surface area contributed by atoms with Gasteiger partial charge in [0.15, 0.2) is 0 Å². The van der Waals surface area contributed by atoms with Gasteiger partial charge in [-0.25, -0.2) is 0 Å². The Morgan fingerprint density at radius 1 is 1.23 bits per heavy atom. The quantitative estimate of drug-likeness (QED) is 0.386. The summed E-state index contributed by atoms with van der Waals surface area (Å²) in [6.45, 7) is 9.12. The average molecular weight is 182 g/mol. The maximum Gasteiger partial charge on any atom is -0.0323 e. The second-order valence-electron chi connectivity index (χ2n) is 4.48. The van der Waals surface area contributed by atoms with Crippen LogP contribution in [-0.2, 0) is 0 Å². The van der Waals surface area contributed by atoms with Gasteiger partial charge in [0.2, 0.25) is 0 Å². The highest BCUT2D eigenvalue weighted by atomic mass is 14.0. The van der Waals surface area contributed by atoms with Crippen LogP contribution in [0.2, 0.25) is 0 Å². The molecule has 0 heterocycles. The van der Waals surface area contributed by atoms with Gasteiger partial charge in [0.05, 0.1) is 0 Å². The van der Waals surface area contributed by atoms with E-state index >= 15 is 0 Å². The first-order chi connectivity index (χ1) is 6.16. The average Bonchev–Trinajstić information content (AvgIpc) is 2.04. The predicted octanol–water partition coefficient (Wildman–Crippen LogP) is 4.95. The van der Waals surface area contributed by atoms with E-state index in [2.05, 4.69) is 33.8 Å². The fourth-order valence-corrected chi connectivity index (χ4v) is 1.42. The van der Waals surface area contributed by atoms with Crippen molar-refractivity contribution < 1.29 is 0 Å². The van der Waals surface area contributed by atoms with Crippen molar-refractivity contribution in [2.45, 2.75) is 66.2 Å². The molecule has 0 nitrogen and oxygen atoms in total. The molecule has 0 aromatic rings. The Bertz CT molecular complexity index is 131. The summed E-state index contributed by atoms with van der Waals surface area (Å²) in [5, 5.41) is 0. The van der Waals surface area contributed by atoms with Gasteiger partial charge in [0.25, 0.3) is 0 Å². The normalized spacial score (nSPS) is 12.5. The summed E-state index contributed by atoms with van der Waals surface area (Å²) in [7, 11) is 0. The van der Waals surface area contributed by atoms with E-state index in [-0.39, 0.29) is 0 Å². The van der Waals surface area contributed by atoms with Crippen molar-refractivity contribution in [3.63, 3.8) is 0 Å². The number of rotatable bonds is 7. The van der Waals surface area contributed by atoms with Crippen molar-refractivity contribution in [1.29, 1.82) is 0 Å². The third kappa shape index (κ3) is 9.66. The summed E-state index contributed by atoms with van der Waals surface area (Å²) in [5.41, 5.74) is 1.59. The molecule has 13 heavy (non-hydrogen) atoms. The van der Waals surface area contributed by atoms with Crippen molar-refractivity contribution in [1.82, 2.24) is 0 Å². The molecule has 0 aliphatic carbocycles. The monoisotopic (exact) mass is 182 g/mol. The molecule has 0 unspecified atom stereocenters. The Hall–Kier alpha value is -0.260. The maximum atomic E-state index is 2.43. The zero-order valence-corrected chi connectivity index (χ0v) is 9.90. The smallest absolute Gasteiger partial charge is 0.0323 e. The van der Waals surface area contributed by atoms with Gasteiger partial charge in [-0.3, -0.25) is 0 Å². The highest BCUT2D eigenvalue weighted by molar-refractivity contribution is 4.97. The third-order valence-electron chi connectivity index (χ3n) is 2.41. The fraction of sp³-hybridized carbons (Fsp3) is 0.846. The largest absolute Gasteiger partial charge is 0.0856 e. The van der Waals surface area contributed by atoms with E-state index in [0.29, 0.717) is 0 Å². The van der Waals surface area contributed by atoms with Gasteiger partial charge in [-0.1, -0.05) is 45.3 Å². The minimum atomic E-state index is 0.847. The molecule has 0 spiro atoms. The van der Waals surface area contributed by atoms with E-state index in [1.165, 1.54) is 38.5 Å². The highest BCUT2D eigenvalue weighted by Crippen LogP contribution is 2.11. The number of hydrogen-bond donors (Lipinski definition) is 0. The molecule has 0 radical (unpaired) electrons. The van der Waals surface area contributed by atoms with Gasteiger partial charge in [0, 0.05) is 0 Å². The lowest BCUT2D eigenvalue weighted by atomic mass is 10.0. The Morgan fingerprint density at radius 2 is 1.92 bits per heavy atom. The molecule has 0 aliphatic heterocycles. The van der Waals surface area contributed by atoms with Crippen molar-refractivity contribution >= 4 is 0 Å². The Balaban J connectivity index is 3.39. The number of allylic oxidation sites excluding steroid dienone is 2. The van der Waals surface area contributed by atoms with Crippen LogP contribution < -0.4 is 0 Å². The molecule has 0 heteroatoms. The first-order valence-corrected chi connectivity index (χ1v) is 5.82. The first kappa shape index (κ1) is 12.7. The van der Waals surface area contributed by atoms with Gasteiger partial charge in [-0.05, 0) is 38.5 Å². The van der Waals surface area contributed by atoms with Gasteiger partial charge in [-0.2, -0.15) is 0 Å². The van der Waals surface area contributed by atoms with Crippen LogP contribution in [0.15, 0.2) is 11.6 Å². The van der Waals surface area contributed by atoms with Crippen LogP contribution in [-0.4, -0.2) is 0 Å². The molecule has 0 fully saturated rings. The molecule has 0 aromatic carbocycles. The predicted molar refractivity (Wildman–Crippen MR) is 62.0 cm³/mol. The molecule has 78 valence electrons. The fourth-order valence-electron chi connectivity index (χ4n) is 1.42. The van der Waals surface area contributed by atoms with E-state index in [4.69, 9.17) is 0 Å². The highest BCUT2D eigenvalue weighted by Gasteiger charge is 1.93. The zero-order valence-electron chi connectivity index (χ0n) is 9.90. The SMILES string of the molecule is CCCCCC(C)=CCCC(C)C. The third-order valence-corrected chi connectivity index (χ3v) is 2.41. The van der Waals surface area contributed by atoms with Gasteiger partial charge < -0.3 is 0 Å². The van der Waals surface area contributed by atoms with Crippen LogP contribution in [0, 0.1) is 5.92 Å². The Kier molecular flexibility index (Phi) is 8.18. The van der Waals surface area contributed by atoms with Crippen molar-refractivity contribution in [3.8, 4) is 0 Å². The molecule has 0 amide bonds. The van der Waals surface area contributed by atoms with Gasteiger partial charge in [0.1, 0.15) is 0 Å². The number of hydrogen-bond acceptors (Lipinski definition) is 0. The summed E-state index contributed by atoms with van der Waals surface area (Å²) < 4.78 is 0. The summed E-state index contributed by atoms with van der Waals surface area (Å²) in [4.78, 5) is 0. The molecule has 0 aliphatic rings. The van der Waals surface area contributed by atoms with Crippen LogP contribution >= 0.6 is 0 Å². The molecule has 0 atom stereocenters. The van der Waals surface area contributed by atoms with E-state index < -0.39 is 0 Å². The van der Waals surface area contributed by atoms with Crippen molar-refractivity contribution in [2.75, 3.05) is 0 Å². The second kappa shape index (κ2) is 8.34. The minimum Gasteiger partial charge on any atom is -0.0856 e. The lowest BCUT2D eigenvalue weighted by Gasteiger charge is -2.02. The van der Waals surface area contributed by atoms with Crippen LogP contribution in [0.5, 0.6) is 0 Å². The molecule has 0 aromatic heterocycles. The van der Waals surface area contributed by atoms with E-state index in [0.717, 1.165) is 5.92 Å². The topological polar surface area (TPSA) is 0 Å². The van der Waals surface area contributed by atoms with Gasteiger partial charge in [-0.15, -0.1) is 0 Å². The lowest BCUT2D eigenvalue weighted by Crippen LogP contribution is -1.85. The van der Waals surface area contributed by atoms with E-state index in [9.17, 15) is 0 Å². The summed E-state index contributed by atoms with van der Waals surface area (Å²) in [6, 6.07) is 0. The van der Waals surface area contributed by atoms with Crippen LogP contribution in [0.1, 0.15) is 66.2 Å². The van der Waals surface area contributed by atoms with Crippen LogP contribution in [0.3, 0.4) is 0 Å². The first-order valence-electron chi connectivity index (χ1n) is 5.82. The van der Waals surface area contributed by atoms with Crippen LogP contribution in [0.4, 0.5) is 0 Å². The molecule has 0 saturated heterocycles. The molecule has 0 rings (SSSR count). The molecule has 0 saturated carbocycles. The Morgan fingerprint density at radius 3 is 2.46 bits per heavy atom. The minimum absolute atomic E-state index is 0.847. The standard InChI is InChI=1S/C13H26/c1-5-6-7-10-13(4)11-8-9-12(2)3/h11-12H,5-10H2,1-4H3. The maximum absolute atomic E-state index is 2.43. The summed E-state index contributed by atoms with van der Waals surface area (Å²) in [5.74, 6) is 0.847. The lowest BCUT2D eigenvalue weighted by molar-refractivity contribution is 0.592. The van der Waals surface area contributed by atoms with E-state index in [1.54, 1.807) is 5.57 Å². The molecule has 0 bridgehead atoms. The van der Waals surface area contributed by atoms with Crippen LogP contribution in [0.25, 0.3) is 0 Å². The molecule has 0 N–H and O–H groups in total. The van der Waals surface area contributed by atoms with Crippen molar-refractivity contribution in [2.24, 2.45) is 5.92 Å². The van der Waals surface area contributed by atoms with Crippen molar-refractivity contribution in [3.05, 3.63) is 11.6 Å². The van der Waals surface area contributed by atoms with E-state index in [1.807, 2.05) is 0 Å². The zero-order chi connectivity index (χ0) is 10.1. The summed E-state index contributed by atoms with van der Waals surface area (Å²) in [6.07, 6.45) is 10.4. The Labute approximate surface area is 84.4 Å². The number of unbranched alkanes of at least 4 members (excludes halogenated alkanes) is 2. The second-order valence-corrected chi connectivity index (χ2v) is 4.48.